The van der Waals surface area contributed by atoms with Crippen LogP contribution in [-0.4, -0.2) is 51.0 Å². The maximum absolute atomic E-state index is 11.5. The summed E-state index contributed by atoms with van der Waals surface area (Å²) in [6.07, 6.45) is 7.35. The molecular formula is C16H21N5O2S. The highest BCUT2D eigenvalue weighted by Crippen LogP contribution is 2.29. The third-order valence-corrected chi connectivity index (χ3v) is 5.98. The van der Waals surface area contributed by atoms with Gasteiger partial charge in [-0.25, -0.2) is 14.5 Å². The number of methoxy groups -OCH3 is 1. The fourth-order valence-electron chi connectivity index (χ4n) is 3.50. The second-order valence-corrected chi connectivity index (χ2v) is 7.58. The van der Waals surface area contributed by atoms with E-state index >= 15 is 0 Å². The highest BCUT2D eigenvalue weighted by Gasteiger charge is 2.24. The molecule has 0 radical (unpaired) electrons. The standard InChI is InChI=1S/C16H21N5O2S/c1-23-16(22)13-9-21(19-18-13)11-5-7-20(8-6-11)10-15-17-12-3-2-4-14(12)24-15/h9,11H,2-8,10H2,1H3. The van der Waals surface area contributed by atoms with Crippen LogP contribution in [0.5, 0.6) is 0 Å². The maximum atomic E-state index is 11.5. The van der Waals surface area contributed by atoms with Crippen LogP contribution in [0, 0.1) is 0 Å². The average Bonchev–Trinajstić information content (AvgIpc) is 3.30. The molecule has 3 heterocycles. The van der Waals surface area contributed by atoms with Crippen molar-refractivity contribution in [1.82, 2.24) is 24.9 Å². The Morgan fingerprint density at radius 3 is 2.96 bits per heavy atom. The van der Waals surface area contributed by atoms with Crippen LogP contribution in [0.2, 0.25) is 0 Å². The molecule has 7 nitrogen and oxygen atoms in total. The summed E-state index contributed by atoms with van der Waals surface area (Å²) in [4.78, 5) is 20.2. The van der Waals surface area contributed by atoms with Crippen molar-refractivity contribution < 1.29 is 9.53 Å². The Labute approximate surface area is 144 Å². The van der Waals surface area contributed by atoms with Crippen LogP contribution in [0.25, 0.3) is 0 Å². The molecule has 2 aromatic heterocycles. The molecule has 24 heavy (non-hydrogen) atoms. The van der Waals surface area contributed by atoms with Crippen LogP contribution in [-0.2, 0) is 24.1 Å². The zero-order valence-corrected chi connectivity index (χ0v) is 14.6. The Balaban J connectivity index is 1.33. The van der Waals surface area contributed by atoms with Gasteiger partial charge in [0.1, 0.15) is 5.01 Å². The molecule has 1 saturated heterocycles. The van der Waals surface area contributed by atoms with Gasteiger partial charge < -0.3 is 4.74 Å². The van der Waals surface area contributed by atoms with E-state index in [9.17, 15) is 4.79 Å². The van der Waals surface area contributed by atoms with E-state index in [0.29, 0.717) is 6.04 Å². The van der Waals surface area contributed by atoms with Gasteiger partial charge in [-0.2, -0.15) is 0 Å². The molecule has 0 amide bonds. The first-order valence-corrected chi connectivity index (χ1v) is 9.24. The number of aromatic nitrogens is 4. The molecule has 0 saturated carbocycles. The number of carbonyl (C=O) groups is 1. The summed E-state index contributed by atoms with van der Waals surface area (Å²) in [5.74, 6) is -0.435. The number of aryl methyl sites for hydroxylation is 2. The molecule has 0 N–H and O–H groups in total. The lowest BCUT2D eigenvalue weighted by Crippen LogP contribution is -2.34. The van der Waals surface area contributed by atoms with E-state index in [1.165, 1.54) is 35.5 Å². The molecule has 0 aromatic carbocycles. The van der Waals surface area contributed by atoms with Gasteiger partial charge in [0.2, 0.25) is 0 Å². The lowest BCUT2D eigenvalue weighted by atomic mass is 10.1. The summed E-state index contributed by atoms with van der Waals surface area (Å²) in [5, 5.41) is 9.24. The van der Waals surface area contributed by atoms with E-state index in [1.54, 1.807) is 6.20 Å². The lowest BCUT2D eigenvalue weighted by molar-refractivity contribution is 0.0594. The Kier molecular flexibility index (Phi) is 4.32. The van der Waals surface area contributed by atoms with E-state index in [4.69, 9.17) is 4.98 Å². The Bertz CT molecular complexity index is 711. The van der Waals surface area contributed by atoms with Gasteiger partial charge in [0.25, 0.3) is 0 Å². The van der Waals surface area contributed by atoms with E-state index in [1.807, 2.05) is 16.0 Å². The molecule has 8 heteroatoms. The van der Waals surface area contributed by atoms with Crippen LogP contribution in [0.1, 0.15) is 51.4 Å². The summed E-state index contributed by atoms with van der Waals surface area (Å²) in [5.41, 5.74) is 1.61. The fraction of sp³-hybridized carbons (Fsp3) is 0.625. The largest absolute Gasteiger partial charge is 0.464 e. The first-order valence-electron chi connectivity index (χ1n) is 8.43. The number of ether oxygens (including phenoxy) is 1. The van der Waals surface area contributed by atoms with Crippen molar-refractivity contribution in [2.24, 2.45) is 0 Å². The van der Waals surface area contributed by atoms with E-state index < -0.39 is 5.97 Å². The van der Waals surface area contributed by atoms with E-state index in [0.717, 1.165) is 38.9 Å². The lowest BCUT2D eigenvalue weighted by Gasteiger charge is -2.31. The Morgan fingerprint density at radius 2 is 2.21 bits per heavy atom. The number of rotatable bonds is 4. The summed E-state index contributed by atoms with van der Waals surface area (Å²) in [7, 11) is 1.36. The third-order valence-electron chi connectivity index (χ3n) is 4.83. The Morgan fingerprint density at radius 1 is 1.38 bits per heavy atom. The molecule has 0 atom stereocenters. The van der Waals surface area contributed by atoms with Crippen LogP contribution >= 0.6 is 11.3 Å². The second-order valence-electron chi connectivity index (χ2n) is 6.41. The highest BCUT2D eigenvalue weighted by atomic mass is 32.1. The smallest absolute Gasteiger partial charge is 0.360 e. The van der Waals surface area contributed by atoms with Crippen molar-refractivity contribution in [3.63, 3.8) is 0 Å². The number of esters is 1. The number of hydrogen-bond donors (Lipinski definition) is 0. The van der Waals surface area contributed by atoms with Crippen molar-refractivity contribution >= 4 is 17.3 Å². The summed E-state index contributed by atoms with van der Waals surface area (Å²) >= 11 is 1.89. The fourth-order valence-corrected chi connectivity index (χ4v) is 4.70. The van der Waals surface area contributed by atoms with Gasteiger partial charge in [-0.3, -0.25) is 4.90 Å². The molecule has 0 bridgehead atoms. The van der Waals surface area contributed by atoms with Crippen LogP contribution in [0.3, 0.4) is 0 Å². The maximum Gasteiger partial charge on any atom is 0.360 e. The third kappa shape index (κ3) is 3.08. The average molecular weight is 347 g/mol. The normalized spacial score (nSPS) is 18.7. The number of hydrogen-bond acceptors (Lipinski definition) is 7. The van der Waals surface area contributed by atoms with Crippen LogP contribution < -0.4 is 0 Å². The van der Waals surface area contributed by atoms with Gasteiger partial charge in [-0.15, -0.1) is 16.4 Å². The topological polar surface area (TPSA) is 73.1 Å². The second kappa shape index (κ2) is 6.60. The predicted molar refractivity (Wildman–Crippen MR) is 89.0 cm³/mol. The van der Waals surface area contributed by atoms with Crippen molar-refractivity contribution in [3.05, 3.63) is 27.5 Å². The number of fused-ring (bicyclic) bond motifs is 1. The van der Waals surface area contributed by atoms with Gasteiger partial charge in [0.05, 0.1) is 31.6 Å². The van der Waals surface area contributed by atoms with Gasteiger partial charge in [-0.05, 0) is 32.1 Å². The Hall–Kier alpha value is -1.80. The predicted octanol–water partition coefficient (Wildman–Crippen LogP) is 1.85. The minimum atomic E-state index is -0.435. The first kappa shape index (κ1) is 15.7. The van der Waals surface area contributed by atoms with Crippen molar-refractivity contribution in [2.45, 2.75) is 44.7 Å². The number of carbonyl (C=O) groups excluding carboxylic acids is 1. The van der Waals surface area contributed by atoms with Crippen molar-refractivity contribution in [1.29, 1.82) is 0 Å². The molecule has 128 valence electrons. The molecule has 0 unspecified atom stereocenters. The number of nitrogens with zero attached hydrogens (tertiary/aromatic N) is 5. The highest BCUT2D eigenvalue weighted by molar-refractivity contribution is 7.11. The van der Waals surface area contributed by atoms with Crippen LogP contribution in [0.4, 0.5) is 0 Å². The molecule has 1 aliphatic heterocycles. The molecule has 1 aliphatic carbocycles. The van der Waals surface area contributed by atoms with Gasteiger partial charge in [0.15, 0.2) is 5.69 Å². The number of piperidine rings is 1. The summed E-state index contributed by atoms with van der Waals surface area (Å²) in [6, 6.07) is 0.299. The zero-order chi connectivity index (χ0) is 16.5. The molecule has 2 aliphatic rings. The SMILES string of the molecule is COC(=O)c1cn(C2CCN(Cc3nc4c(s3)CCC4)CC2)nn1. The molecule has 2 aromatic rings. The molecule has 4 rings (SSSR count). The van der Waals surface area contributed by atoms with Crippen molar-refractivity contribution in [2.75, 3.05) is 20.2 Å². The number of thiazole rings is 1. The quantitative estimate of drug-likeness (QED) is 0.786. The molecule has 1 fully saturated rings. The monoisotopic (exact) mass is 347 g/mol. The minimum absolute atomic E-state index is 0.275. The minimum Gasteiger partial charge on any atom is -0.464 e. The molecular weight excluding hydrogens is 326 g/mol. The van der Waals surface area contributed by atoms with Gasteiger partial charge in [0, 0.05) is 18.0 Å². The van der Waals surface area contributed by atoms with E-state index in [-0.39, 0.29) is 5.69 Å². The van der Waals surface area contributed by atoms with Crippen molar-refractivity contribution in [3.8, 4) is 0 Å². The van der Waals surface area contributed by atoms with Gasteiger partial charge >= 0.3 is 5.97 Å². The molecule has 0 spiro atoms. The summed E-state index contributed by atoms with van der Waals surface area (Å²) in [6.45, 7) is 2.99. The summed E-state index contributed by atoms with van der Waals surface area (Å²) < 4.78 is 6.48. The zero-order valence-electron chi connectivity index (χ0n) is 13.8. The number of likely N-dealkylation sites (tertiary alicyclic amines) is 1. The van der Waals surface area contributed by atoms with Gasteiger partial charge in [-0.1, -0.05) is 5.21 Å². The first-order chi connectivity index (χ1) is 11.7. The van der Waals surface area contributed by atoms with E-state index in [2.05, 4.69) is 19.9 Å². The van der Waals surface area contributed by atoms with Crippen LogP contribution in [0.15, 0.2) is 6.20 Å².